The molecule has 2 saturated heterocycles. The van der Waals surface area contributed by atoms with Crippen LogP contribution in [0.1, 0.15) is 39.0 Å². The zero-order valence-electron chi connectivity index (χ0n) is 14.4. The minimum atomic E-state index is -4.20. The molecule has 0 radical (unpaired) electrons. The van der Waals surface area contributed by atoms with Gasteiger partial charge in [-0.15, -0.1) is 5.06 Å². The summed E-state index contributed by atoms with van der Waals surface area (Å²) in [5, 5.41) is 1.75. The van der Waals surface area contributed by atoms with Crippen molar-refractivity contribution < 1.29 is 22.8 Å². The predicted molar refractivity (Wildman–Crippen MR) is 84.0 cm³/mol. The molecule has 0 amide bonds. The Labute approximate surface area is 141 Å². The van der Waals surface area contributed by atoms with Crippen molar-refractivity contribution in [2.24, 2.45) is 5.92 Å². The Morgan fingerprint density at radius 2 is 1.71 bits per heavy atom. The number of hydrogen-bond acceptors (Lipinski definition) is 5. The van der Waals surface area contributed by atoms with Crippen LogP contribution >= 0.6 is 0 Å². The van der Waals surface area contributed by atoms with E-state index < -0.39 is 6.30 Å². The van der Waals surface area contributed by atoms with Gasteiger partial charge in [0, 0.05) is 45.7 Å². The fourth-order valence-electron chi connectivity index (χ4n) is 3.27. The minimum Gasteiger partial charge on any atom is -0.368 e. The largest absolute Gasteiger partial charge is 0.460 e. The molecule has 0 bridgehead atoms. The van der Waals surface area contributed by atoms with E-state index >= 15 is 0 Å². The van der Waals surface area contributed by atoms with Gasteiger partial charge >= 0.3 is 12.3 Å². The van der Waals surface area contributed by atoms with Gasteiger partial charge in [-0.25, -0.2) is 4.90 Å². The Hall–Kier alpha value is -0.860. The van der Waals surface area contributed by atoms with Crippen LogP contribution in [0.15, 0.2) is 0 Å². The van der Waals surface area contributed by atoms with E-state index in [1.54, 1.807) is 5.06 Å². The number of hydrogen-bond donors (Lipinski definition) is 0. The number of halogens is 3. The second kappa shape index (κ2) is 9.01. The van der Waals surface area contributed by atoms with Gasteiger partial charge in [0.25, 0.3) is 0 Å². The summed E-state index contributed by atoms with van der Waals surface area (Å²) in [6.45, 7) is 5.39. The number of alkyl halides is 3. The number of carbonyl (C=O) groups excluding carboxylic acids is 1. The fraction of sp³-hybridized carbons (Fsp3) is 0.938. The highest BCUT2D eigenvalue weighted by Gasteiger charge is 2.38. The highest BCUT2D eigenvalue weighted by Crippen LogP contribution is 2.24. The van der Waals surface area contributed by atoms with Gasteiger partial charge in [-0.2, -0.15) is 13.2 Å². The molecule has 0 N–H and O–H groups in total. The lowest BCUT2D eigenvalue weighted by atomic mass is 9.94. The van der Waals surface area contributed by atoms with E-state index in [2.05, 4.69) is 4.90 Å². The van der Waals surface area contributed by atoms with Gasteiger partial charge in [-0.3, -0.25) is 4.79 Å². The van der Waals surface area contributed by atoms with E-state index in [9.17, 15) is 18.0 Å². The average Bonchev–Trinajstić information content (AvgIpc) is 2.54. The molecule has 0 spiro atoms. The molecule has 2 aliphatic rings. The molecule has 0 saturated carbocycles. The second-order valence-corrected chi connectivity index (χ2v) is 6.67. The number of piperazine rings is 1. The van der Waals surface area contributed by atoms with Crippen LogP contribution in [-0.2, 0) is 9.63 Å². The van der Waals surface area contributed by atoms with Crippen LogP contribution in [-0.4, -0.2) is 72.9 Å². The molecule has 0 aromatic carbocycles. The Bertz CT molecular complexity index is 391. The summed E-state index contributed by atoms with van der Waals surface area (Å²) in [7, 11) is 0. The van der Waals surface area contributed by atoms with Crippen molar-refractivity contribution in [1.82, 2.24) is 14.9 Å². The first-order valence-corrected chi connectivity index (χ1v) is 8.88. The van der Waals surface area contributed by atoms with Crippen molar-refractivity contribution in [2.75, 3.05) is 45.8 Å². The van der Waals surface area contributed by atoms with Gasteiger partial charge in [0.2, 0.25) is 0 Å². The summed E-state index contributed by atoms with van der Waals surface area (Å²) in [5.74, 6) is 0.394. The number of nitrogens with zero attached hydrogens (tertiary/aromatic N) is 3. The standard InChI is InChI=1S/C16H28F3N3O2/c1-2-3-15(23)24-22-8-5-14(6-9-22)4-7-20-10-12-21(13-11-20)16(17,18)19/h14H,2-13H2,1H3. The third kappa shape index (κ3) is 6.22. The maximum absolute atomic E-state index is 12.6. The number of hydroxylamine groups is 2. The molecule has 24 heavy (non-hydrogen) atoms. The third-order valence-corrected chi connectivity index (χ3v) is 4.84. The van der Waals surface area contributed by atoms with E-state index in [1.807, 2.05) is 6.92 Å². The lowest BCUT2D eigenvalue weighted by molar-refractivity contribution is -0.252. The van der Waals surface area contributed by atoms with Gasteiger partial charge in [0.05, 0.1) is 0 Å². The van der Waals surface area contributed by atoms with E-state index in [1.165, 1.54) is 0 Å². The van der Waals surface area contributed by atoms with Crippen molar-refractivity contribution in [1.29, 1.82) is 0 Å². The number of piperidine rings is 1. The topological polar surface area (TPSA) is 36.0 Å². The van der Waals surface area contributed by atoms with Crippen molar-refractivity contribution in [2.45, 2.75) is 45.3 Å². The van der Waals surface area contributed by atoms with Crippen LogP contribution in [0.3, 0.4) is 0 Å². The summed E-state index contributed by atoms with van der Waals surface area (Å²) in [4.78, 5) is 19.5. The van der Waals surface area contributed by atoms with Crippen LogP contribution in [0.4, 0.5) is 13.2 Å². The van der Waals surface area contributed by atoms with Gasteiger partial charge in [-0.05, 0) is 38.1 Å². The molecular weight excluding hydrogens is 323 g/mol. The van der Waals surface area contributed by atoms with Gasteiger partial charge < -0.3 is 9.74 Å². The molecule has 0 atom stereocenters. The molecule has 140 valence electrons. The van der Waals surface area contributed by atoms with E-state index in [0.29, 0.717) is 30.3 Å². The maximum atomic E-state index is 12.6. The van der Waals surface area contributed by atoms with Crippen LogP contribution in [0.25, 0.3) is 0 Å². The molecule has 2 fully saturated rings. The first kappa shape index (κ1) is 19.5. The lowest BCUT2D eigenvalue weighted by Gasteiger charge is -2.36. The summed E-state index contributed by atoms with van der Waals surface area (Å²) in [6, 6.07) is 0. The number of carbonyl (C=O) groups is 1. The molecule has 0 aromatic rings. The number of rotatable bonds is 6. The first-order chi connectivity index (χ1) is 11.4. The van der Waals surface area contributed by atoms with Crippen LogP contribution < -0.4 is 0 Å². The summed E-state index contributed by atoms with van der Waals surface area (Å²) in [6.07, 6.45) is -0.0124. The first-order valence-electron chi connectivity index (χ1n) is 8.88. The zero-order chi connectivity index (χ0) is 17.6. The summed E-state index contributed by atoms with van der Waals surface area (Å²) in [5.41, 5.74) is 0. The van der Waals surface area contributed by atoms with Crippen molar-refractivity contribution >= 4 is 5.97 Å². The average molecular weight is 351 g/mol. The monoisotopic (exact) mass is 351 g/mol. The minimum absolute atomic E-state index is 0.0648. The third-order valence-electron chi connectivity index (χ3n) is 4.84. The molecular formula is C16H28F3N3O2. The Morgan fingerprint density at radius 1 is 1.08 bits per heavy atom. The molecule has 2 rings (SSSR count). The zero-order valence-corrected chi connectivity index (χ0v) is 14.4. The van der Waals surface area contributed by atoms with Crippen LogP contribution in [0.5, 0.6) is 0 Å². The van der Waals surface area contributed by atoms with Crippen molar-refractivity contribution in [3.8, 4) is 0 Å². The molecule has 0 aliphatic carbocycles. The normalized spacial score (nSPS) is 22.7. The Balaban J connectivity index is 1.59. The second-order valence-electron chi connectivity index (χ2n) is 6.67. The van der Waals surface area contributed by atoms with E-state index in [-0.39, 0.29) is 19.1 Å². The van der Waals surface area contributed by atoms with Gasteiger partial charge in [-0.1, -0.05) is 6.92 Å². The fourth-order valence-corrected chi connectivity index (χ4v) is 3.27. The summed E-state index contributed by atoms with van der Waals surface area (Å²) < 4.78 is 37.8. The highest BCUT2D eigenvalue weighted by molar-refractivity contribution is 5.68. The van der Waals surface area contributed by atoms with Crippen molar-refractivity contribution in [3.05, 3.63) is 0 Å². The van der Waals surface area contributed by atoms with Crippen LogP contribution in [0.2, 0.25) is 0 Å². The van der Waals surface area contributed by atoms with Gasteiger partial charge in [0.15, 0.2) is 0 Å². The summed E-state index contributed by atoms with van der Waals surface area (Å²) >= 11 is 0. The lowest BCUT2D eigenvalue weighted by Crippen LogP contribution is -2.52. The smallest absolute Gasteiger partial charge is 0.368 e. The molecule has 2 heterocycles. The SMILES string of the molecule is CCCC(=O)ON1CCC(CCN2CCN(C(F)(F)F)CC2)CC1. The Kier molecular flexibility index (Phi) is 7.31. The van der Waals surface area contributed by atoms with Crippen LogP contribution in [0, 0.1) is 5.92 Å². The maximum Gasteiger partial charge on any atom is 0.460 e. The molecule has 2 aliphatic heterocycles. The van der Waals surface area contributed by atoms with E-state index in [0.717, 1.165) is 45.3 Å². The Morgan fingerprint density at radius 3 is 2.25 bits per heavy atom. The van der Waals surface area contributed by atoms with E-state index in [4.69, 9.17) is 4.84 Å². The van der Waals surface area contributed by atoms with Crippen molar-refractivity contribution in [3.63, 3.8) is 0 Å². The van der Waals surface area contributed by atoms with Gasteiger partial charge in [0.1, 0.15) is 0 Å². The molecule has 0 unspecified atom stereocenters. The highest BCUT2D eigenvalue weighted by atomic mass is 19.4. The predicted octanol–water partition coefficient (Wildman–Crippen LogP) is 2.48. The molecule has 8 heteroatoms. The molecule has 0 aromatic heterocycles. The quantitative estimate of drug-likeness (QED) is 0.687. The molecule has 5 nitrogen and oxygen atoms in total.